The number of nitro benzene ring substituents is 1. The van der Waals surface area contributed by atoms with E-state index < -0.39 is 16.9 Å². The topological polar surface area (TPSA) is 92.5 Å². The predicted octanol–water partition coefficient (Wildman–Crippen LogP) is 2.39. The number of carboxylic acids is 1. The molecule has 6 nitrogen and oxygen atoms in total. The molecule has 1 unspecified atom stereocenters. The van der Waals surface area contributed by atoms with Gasteiger partial charge in [0.15, 0.2) is 22.8 Å². The highest BCUT2D eigenvalue weighted by Crippen LogP contribution is 2.23. The summed E-state index contributed by atoms with van der Waals surface area (Å²) in [7, 11) is 0. The summed E-state index contributed by atoms with van der Waals surface area (Å²) >= 11 is 1.34. The number of para-hydroxylation sites is 2. The number of hydrogen-bond acceptors (Lipinski definition) is 4. The van der Waals surface area contributed by atoms with E-state index in [4.69, 9.17) is 0 Å². The van der Waals surface area contributed by atoms with Gasteiger partial charge in [-0.2, -0.15) is 0 Å². The van der Waals surface area contributed by atoms with E-state index in [0.717, 1.165) is 5.56 Å². The van der Waals surface area contributed by atoms with Gasteiger partial charge in [0.2, 0.25) is 5.75 Å². The highest BCUT2D eigenvalue weighted by atomic mass is 32.1. The van der Waals surface area contributed by atoms with E-state index in [0.29, 0.717) is 0 Å². The summed E-state index contributed by atoms with van der Waals surface area (Å²) in [6.07, 6.45) is 0. The second-order valence-corrected chi connectivity index (χ2v) is 5.57. The highest BCUT2D eigenvalue weighted by molar-refractivity contribution is 7.77. The number of nitro groups is 1. The van der Waals surface area contributed by atoms with Crippen molar-refractivity contribution >= 4 is 34.1 Å². The Labute approximate surface area is 136 Å². The second-order valence-electron chi connectivity index (χ2n) is 4.67. The van der Waals surface area contributed by atoms with Crippen LogP contribution in [-0.2, 0) is 16.1 Å². The Morgan fingerprint density at radius 2 is 1.87 bits per heavy atom. The summed E-state index contributed by atoms with van der Waals surface area (Å²) in [4.78, 5) is 21.8. The molecule has 0 saturated heterocycles. The molecule has 0 fully saturated rings. The standard InChI is InChI=1S/C16H14N2O4S/c19-16(20)14(11-23-10-12-6-2-1-3-7-12)17-13-8-4-5-9-15(13)18(21)22/h1-10,14,17H,11H2/p+1. The van der Waals surface area contributed by atoms with E-state index in [1.54, 1.807) is 6.07 Å². The Morgan fingerprint density at radius 1 is 1.22 bits per heavy atom. The van der Waals surface area contributed by atoms with Crippen LogP contribution < -0.4 is 5.32 Å². The monoisotopic (exact) mass is 331 g/mol. The van der Waals surface area contributed by atoms with Crippen LogP contribution in [0.15, 0.2) is 54.6 Å². The molecule has 118 valence electrons. The first-order valence-electron chi connectivity index (χ1n) is 6.80. The average Bonchev–Trinajstić information content (AvgIpc) is 2.55. The second kappa shape index (κ2) is 8.00. The molecule has 0 saturated carbocycles. The number of carbonyl (C=O) groups is 1. The summed E-state index contributed by atoms with van der Waals surface area (Å²) in [6.45, 7) is 0. The van der Waals surface area contributed by atoms with Crippen molar-refractivity contribution in [3.63, 3.8) is 0 Å². The summed E-state index contributed by atoms with van der Waals surface area (Å²) in [6, 6.07) is 14.6. The zero-order chi connectivity index (χ0) is 16.7. The maximum atomic E-state index is 11.4. The van der Waals surface area contributed by atoms with Crippen LogP contribution >= 0.6 is 0 Å². The van der Waals surface area contributed by atoms with Gasteiger partial charge in [-0.1, -0.05) is 30.3 Å². The minimum atomic E-state index is -1.06. The van der Waals surface area contributed by atoms with Crippen molar-refractivity contribution in [3.05, 3.63) is 70.3 Å². The third-order valence-electron chi connectivity index (χ3n) is 3.01. The van der Waals surface area contributed by atoms with E-state index in [2.05, 4.69) is 5.32 Å². The van der Waals surface area contributed by atoms with Gasteiger partial charge in [0.1, 0.15) is 5.69 Å². The molecule has 0 aliphatic carbocycles. The third-order valence-corrected chi connectivity index (χ3v) is 3.98. The number of nitrogens with one attached hydrogen (secondary N) is 1. The minimum Gasteiger partial charge on any atom is -0.480 e. The maximum absolute atomic E-state index is 11.4. The molecular formula is C16H15N2O4S+. The van der Waals surface area contributed by atoms with Crippen LogP contribution in [0.1, 0.15) is 5.56 Å². The normalized spacial score (nSPS) is 12.0. The quantitative estimate of drug-likeness (QED) is 0.352. The van der Waals surface area contributed by atoms with E-state index in [1.165, 1.54) is 29.6 Å². The zero-order valence-corrected chi connectivity index (χ0v) is 12.9. The smallest absolute Gasteiger partial charge is 0.331 e. The van der Waals surface area contributed by atoms with Crippen LogP contribution in [-0.4, -0.2) is 33.2 Å². The zero-order valence-electron chi connectivity index (χ0n) is 12.1. The SMILES string of the molecule is O=C(O)C(C[S+]=Cc1ccccc1)Nc1ccccc1[N+](=O)[O-]. The Morgan fingerprint density at radius 3 is 2.52 bits per heavy atom. The maximum Gasteiger partial charge on any atom is 0.331 e. The first-order chi connectivity index (χ1) is 11.1. The Bertz CT molecular complexity index is 719. The van der Waals surface area contributed by atoms with Crippen molar-refractivity contribution in [2.45, 2.75) is 6.04 Å². The number of aliphatic carboxylic acids is 1. The van der Waals surface area contributed by atoms with Crippen LogP contribution in [0.3, 0.4) is 0 Å². The molecule has 0 amide bonds. The van der Waals surface area contributed by atoms with Crippen molar-refractivity contribution < 1.29 is 14.8 Å². The Balaban J connectivity index is 2.09. The molecule has 2 rings (SSSR count). The molecule has 0 aromatic heterocycles. The van der Waals surface area contributed by atoms with E-state index >= 15 is 0 Å². The summed E-state index contributed by atoms with van der Waals surface area (Å²) in [5.41, 5.74) is 1.04. The number of nitrogens with zero attached hydrogens (tertiary/aromatic N) is 1. The van der Waals surface area contributed by atoms with E-state index in [1.807, 2.05) is 35.7 Å². The molecule has 0 spiro atoms. The Hall–Kier alpha value is -2.80. The number of carboxylic acid groups (broad SMARTS) is 1. The molecule has 0 bridgehead atoms. The number of anilines is 1. The summed E-state index contributed by atoms with van der Waals surface area (Å²) < 4.78 is 0. The molecule has 1 atom stereocenters. The molecular weight excluding hydrogens is 316 g/mol. The van der Waals surface area contributed by atoms with Crippen molar-refractivity contribution in [2.24, 2.45) is 0 Å². The van der Waals surface area contributed by atoms with Crippen LogP contribution in [0.4, 0.5) is 11.4 Å². The van der Waals surface area contributed by atoms with E-state index in [9.17, 15) is 20.0 Å². The molecule has 7 heteroatoms. The summed E-state index contributed by atoms with van der Waals surface area (Å²) in [5.74, 6) is -0.812. The number of hydrogen-bond donors (Lipinski definition) is 2. The molecule has 23 heavy (non-hydrogen) atoms. The molecule has 2 aromatic rings. The first-order valence-corrected chi connectivity index (χ1v) is 7.85. The van der Waals surface area contributed by atoms with Crippen LogP contribution in [0, 0.1) is 10.1 Å². The molecule has 0 aliphatic heterocycles. The van der Waals surface area contributed by atoms with Gasteiger partial charge in [-0.05, 0) is 18.2 Å². The van der Waals surface area contributed by atoms with Crippen LogP contribution in [0.2, 0.25) is 0 Å². The lowest BCUT2D eigenvalue weighted by atomic mass is 10.2. The average molecular weight is 331 g/mol. The fraction of sp³-hybridized carbons (Fsp3) is 0.125. The van der Waals surface area contributed by atoms with Gasteiger partial charge in [0.05, 0.1) is 4.92 Å². The van der Waals surface area contributed by atoms with Crippen molar-refractivity contribution in [1.29, 1.82) is 0 Å². The molecule has 2 N–H and O–H groups in total. The van der Waals surface area contributed by atoms with Gasteiger partial charge >= 0.3 is 5.97 Å². The fourth-order valence-electron chi connectivity index (χ4n) is 1.89. The largest absolute Gasteiger partial charge is 0.480 e. The van der Waals surface area contributed by atoms with Gasteiger partial charge < -0.3 is 10.4 Å². The van der Waals surface area contributed by atoms with E-state index in [-0.39, 0.29) is 17.1 Å². The van der Waals surface area contributed by atoms with Gasteiger partial charge in [0, 0.05) is 11.6 Å². The van der Waals surface area contributed by atoms with Gasteiger partial charge in [-0.15, -0.1) is 0 Å². The minimum absolute atomic E-state index is 0.143. The van der Waals surface area contributed by atoms with Crippen LogP contribution in [0.25, 0.3) is 0 Å². The summed E-state index contributed by atoms with van der Waals surface area (Å²) in [5, 5.41) is 24.9. The van der Waals surface area contributed by atoms with Gasteiger partial charge in [0.25, 0.3) is 5.69 Å². The lowest BCUT2D eigenvalue weighted by Crippen LogP contribution is -2.33. The molecule has 0 aliphatic rings. The van der Waals surface area contributed by atoms with Crippen molar-refractivity contribution in [2.75, 3.05) is 11.1 Å². The number of benzene rings is 2. The van der Waals surface area contributed by atoms with Gasteiger partial charge in [-0.25, -0.2) is 4.79 Å². The lowest BCUT2D eigenvalue weighted by molar-refractivity contribution is -0.384. The van der Waals surface area contributed by atoms with Crippen molar-refractivity contribution in [1.82, 2.24) is 0 Å². The lowest BCUT2D eigenvalue weighted by Gasteiger charge is -2.10. The first kappa shape index (κ1) is 16.6. The van der Waals surface area contributed by atoms with Gasteiger partial charge in [-0.3, -0.25) is 10.1 Å². The Kier molecular flexibility index (Phi) is 5.76. The van der Waals surface area contributed by atoms with Crippen LogP contribution in [0.5, 0.6) is 0 Å². The highest BCUT2D eigenvalue weighted by Gasteiger charge is 2.25. The number of rotatable bonds is 7. The molecule has 0 radical (unpaired) electrons. The molecule has 2 aromatic carbocycles. The fourth-order valence-corrected chi connectivity index (χ4v) is 2.75. The molecule has 0 heterocycles. The third kappa shape index (κ3) is 4.86. The predicted molar refractivity (Wildman–Crippen MR) is 92.0 cm³/mol. The van der Waals surface area contributed by atoms with Crippen molar-refractivity contribution in [3.8, 4) is 0 Å².